The molecule has 1 heterocycles. The van der Waals surface area contributed by atoms with Gasteiger partial charge in [0.1, 0.15) is 0 Å². The average Bonchev–Trinajstić information content (AvgIpc) is 2.08. The van der Waals surface area contributed by atoms with E-state index >= 15 is 0 Å². The molecule has 0 radical (unpaired) electrons. The first-order chi connectivity index (χ1) is 4.54. The summed E-state index contributed by atoms with van der Waals surface area (Å²) in [4.78, 5) is 10.2. The maximum atomic E-state index is 10.8. The third kappa shape index (κ3) is 1.13. The summed E-state index contributed by atoms with van der Waals surface area (Å²) in [6.07, 6.45) is 0.761. The van der Waals surface area contributed by atoms with Gasteiger partial charge in [0.2, 0.25) is 0 Å². The Kier molecular flexibility index (Phi) is 1.68. The van der Waals surface area contributed by atoms with Gasteiger partial charge >= 0.3 is 5.97 Å². The molecule has 10 heavy (non-hydrogen) atoms. The molecule has 1 N–H and O–H groups in total. The van der Waals surface area contributed by atoms with Crippen LogP contribution in [0.5, 0.6) is 0 Å². The zero-order chi connectivity index (χ0) is 7.78. The normalized spacial score (nSPS) is 30.2. The van der Waals surface area contributed by atoms with E-state index < -0.39 is 21.1 Å². The fourth-order valence-electron chi connectivity index (χ4n) is 1.07. The van der Waals surface area contributed by atoms with Gasteiger partial charge in [-0.3, -0.25) is 4.79 Å². The SMILES string of the molecule is O=C(O)C1CCCS1(=O)=O. The third-order valence-corrected chi connectivity index (χ3v) is 3.77. The summed E-state index contributed by atoms with van der Waals surface area (Å²) in [6.45, 7) is 0. The van der Waals surface area contributed by atoms with Crippen LogP contribution in [-0.4, -0.2) is 30.5 Å². The highest BCUT2D eigenvalue weighted by atomic mass is 32.2. The van der Waals surface area contributed by atoms with Crippen molar-refractivity contribution in [3.8, 4) is 0 Å². The number of aliphatic carboxylic acids is 1. The van der Waals surface area contributed by atoms with Gasteiger partial charge in [0.15, 0.2) is 15.1 Å². The van der Waals surface area contributed by atoms with Crippen molar-refractivity contribution in [2.75, 3.05) is 5.75 Å². The van der Waals surface area contributed by atoms with E-state index in [0.29, 0.717) is 6.42 Å². The van der Waals surface area contributed by atoms with E-state index in [1.54, 1.807) is 0 Å². The van der Waals surface area contributed by atoms with Crippen molar-refractivity contribution in [3.05, 3.63) is 0 Å². The molecule has 4 nitrogen and oxygen atoms in total. The van der Waals surface area contributed by atoms with E-state index in [0.717, 1.165) is 0 Å². The van der Waals surface area contributed by atoms with E-state index in [1.807, 2.05) is 0 Å². The molecule has 0 aliphatic carbocycles. The zero-order valence-electron chi connectivity index (χ0n) is 5.28. The molecular weight excluding hydrogens is 156 g/mol. The van der Waals surface area contributed by atoms with E-state index in [-0.39, 0.29) is 12.2 Å². The van der Waals surface area contributed by atoms with Gasteiger partial charge in [-0.25, -0.2) is 8.42 Å². The Hall–Kier alpha value is -0.580. The van der Waals surface area contributed by atoms with Gasteiger partial charge in [-0.1, -0.05) is 0 Å². The molecule has 1 fully saturated rings. The Morgan fingerprint density at radius 2 is 2.10 bits per heavy atom. The monoisotopic (exact) mass is 164 g/mol. The lowest BCUT2D eigenvalue weighted by Gasteiger charge is -1.99. The van der Waals surface area contributed by atoms with Gasteiger partial charge in [0.25, 0.3) is 0 Å². The van der Waals surface area contributed by atoms with Gasteiger partial charge in [0, 0.05) is 0 Å². The lowest BCUT2D eigenvalue weighted by Crippen LogP contribution is -2.25. The maximum absolute atomic E-state index is 10.8. The summed E-state index contributed by atoms with van der Waals surface area (Å²) in [5.74, 6) is -1.18. The Balaban J connectivity index is 2.90. The first-order valence-corrected chi connectivity index (χ1v) is 4.70. The predicted octanol–water partition coefficient (Wildman–Crippen LogP) is -0.352. The van der Waals surface area contributed by atoms with Crippen LogP contribution in [-0.2, 0) is 14.6 Å². The molecule has 0 saturated carbocycles. The lowest BCUT2D eigenvalue weighted by atomic mass is 10.3. The molecule has 1 saturated heterocycles. The highest BCUT2D eigenvalue weighted by Crippen LogP contribution is 2.19. The fraction of sp³-hybridized carbons (Fsp3) is 0.800. The average molecular weight is 164 g/mol. The Morgan fingerprint density at radius 1 is 1.50 bits per heavy atom. The maximum Gasteiger partial charge on any atom is 0.321 e. The van der Waals surface area contributed by atoms with Crippen molar-refractivity contribution in [2.45, 2.75) is 18.1 Å². The van der Waals surface area contributed by atoms with Crippen molar-refractivity contribution in [1.29, 1.82) is 0 Å². The van der Waals surface area contributed by atoms with Crippen molar-refractivity contribution in [2.24, 2.45) is 0 Å². The predicted molar refractivity (Wildman–Crippen MR) is 34.4 cm³/mol. The van der Waals surface area contributed by atoms with E-state index in [2.05, 4.69) is 0 Å². The topological polar surface area (TPSA) is 71.4 Å². The fourth-order valence-corrected chi connectivity index (χ4v) is 2.76. The highest BCUT2D eigenvalue weighted by molar-refractivity contribution is 7.93. The molecule has 58 valence electrons. The first kappa shape index (κ1) is 7.53. The van der Waals surface area contributed by atoms with Crippen LogP contribution in [0.3, 0.4) is 0 Å². The van der Waals surface area contributed by atoms with Crippen LogP contribution >= 0.6 is 0 Å². The molecule has 0 amide bonds. The van der Waals surface area contributed by atoms with Crippen molar-refractivity contribution < 1.29 is 18.3 Å². The minimum absolute atomic E-state index is 0.0317. The minimum atomic E-state index is -3.29. The largest absolute Gasteiger partial charge is 0.480 e. The molecule has 0 aromatic rings. The van der Waals surface area contributed by atoms with Gasteiger partial charge in [0.05, 0.1) is 5.75 Å². The molecule has 0 bridgehead atoms. The van der Waals surface area contributed by atoms with Crippen molar-refractivity contribution in [1.82, 2.24) is 0 Å². The van der Waals surface area contributed by atoms with Crippen LogP contribution < -0.4 is 0 Å². The van der Waals surface area contributed by atoms with Crippen LogP contribution in [0.25, 0.3) is 0 Å². The molecule has 0 spiro atoms. The van der Waals surface area contributed by atoms with E-state index in [9.17, 15) is 13.2 Å². The molecular formula is C5H8O4S. The Morgan fingerprint density at radius 3 is 2.30 bits per heavy atom. The second-order valence-electron chi connectivity index (χ2n) is 2.34. The van der Waals surface area contributed by atoms with Crippen LogP contribution in [0.1, 0.15) is 12.8 Å². The third-order valence-electron chi connectivity index (χ3n) is 1.60. The molecule has 5 heteroatoms. The first-order valence-electron chi connectivity index (χ1n) is 2.98. The molecule has 1 atom stereocenters. The van der Waals surface area contributed by atoms with E-state index in [1.165, 1.54) is 0 Å². The number of hydrogen-bond donors (Lipinski definition) is 1. The van der Waals surface area contributed by atoms with Gasteiger partial charge in [-0.15, -0.1) is 0 Å². The molecule has 1 aliphatic heterocycles. The minimum Gasteiger partial charge on any atom is -0.480 e. The second kappa shape index (κ2) is 2.23. The summed E-state index contributed by atoms with van der Waals surface area (Å²) in [5, 5.41) is 7.24. The number of carbonyl (C=O) groups is 1. The highest BCUT2D eigenvalue weighted by Gasteiger charge is 2.36. The standard InChI is InChI=1S/C5H8O4S/c6-5(7)4-2-1-3-10(4,8)9/h4H,1-3H2,(H,6,7). The van der Waals surface area contributed by atoms with Gasteiger partial charge in [-0.2, -0.15) is 0 Å². The molecule has 1 aliphatic rings. The zero-order valence-corrected chi connectivity index (χ0v) is 6.10. The van der Waals surface area contributed by atoms with Crippen LogP contribution in [0, 0.1) is 0 Å². The number of carboxylic acid groups (broad SMARTS) is 1. The van der Waals surface area contributed by atoms with Crippen LogP contribution in [0.2, 0.25) is 0 Å². The summed E-state index contributed by atoms with van der Waals surface area (Å²) >= 11 is 0. The Labute approximate surface area is 58.8 Å². The van der Waals surface area contributed by atoms with Gasteiger partial charge in [-0.05, 0) is 12.8 Å². The smallest absolute Gasteiger partial charge is 0.321 e. The van der Waals surface area contributed by atoms with Crippen LogP contribution in [0.15, 0.2) is 0 Å². The molecule has 1 unspecified atom stereocenters. The Bertz CT molecular complexity index is 240. The van der Waals surface area contributed by atoms with Gasteiger partial charge < -0.3 is 5.11 Å². The summed E-state index contributed by atoms with van der Waals surface area (Å²) < 4.78 is 21.6. The molecule has 0 aromatic heterocycles. The number of carboxylic acids is 1. The quantitative estimate of drug-likeness (QED) is 0.575. The molecule has 0 aromatic carbocycles. The van der Waals surface area contributed by atoms with Crippen LogP contribution in [0.4, 0.5) is 0 Å². The van der Waals surface area contributed by atoms with Crippen molar-refractivity contribution in [3.63, 3.8) is 0 Å². The summed E-state index contributed by atoms with van der Waals surface area (Å²) in [5.41, 5.74) is 0. The number of hydrogen-bond acceptors (Lipinski definition) is 3. The summed E-state index contributed by atoms with van der Waals surface area (Å²) in [6, 6.07) is 0. The second-order valence-corrected chi connectivity index (χ2v) is 4.64. The van der Waals surface area contributed by atoms with Crippen molar-refractivity contribution >= 4 is 15.8 Å². The number of sulfone groups is 1. The number of rotatable bonds is 1. The van der Waals surface area contributed by atoms with E-state index in [4.69, 9.17) is 5.11 Å². The lowest BCUT2D eigenvalue weighted by molar-refractivity contribution is -0.136. The summed E-state index contributed by atoms with van der Waals surface area (Å²) in [7, 11) is -3.29. The molecule has 1 rings (SSSR count).